The average molecular weight is 236 g/mol. The third kappa shape index (κ3) is 2.77. The number of benzene rings is 2. The van der Waals surface area contributed by atoms with Crippen molar-refractivity contribution in [3.8, 4) is 0 Å². The van der Waals surface area contributed by atoms with Crippen LogP contribution in [0.15, 0.2) is 54.6 Å². The van der Waals surface area contributed by atoms with E-state index in [1.165, 1.54) is 11.1 Å². The lowest BCUT2D eigenvalue weighted by molar-refractivity contribution is 0.568. The van der Waals surface area contributed by atoms with Crippen molar-refractivity contribution in [2.45, 2.75) is 19.8 Å². The van der Waals surface area contributed by atoms with Gasteiger partial charge < -0.3 is 0 Å². The monoisotopic (exact) mass is 236 g/mol. The van der Waals surface area contributed by atoms with Gasteiger partial charge in [-0.15, -0.1) is 0 Å². The van der Waals surface area contributed by atoms with Gasteiger partial charge in [-0.1, -0.05) is 59.7 Å². The molecule has 0 amide bonds. The fraction of sp³-hybridized carbons (Fsp3) is 0.176. The van der Waals surface area contributed by atoms with Gasteiger partial charge >= 0.3 is 0 Å². The smallest absolute Gasteiger partial charge is 0.121 e. The highest BCUT2D eigenvalue weighted by Crippen LogP contribution is 2.25. The molecule has 0 unspecified atom stereocenters. The number of aryl methyl sites for hydroxylation is 2. The first kappa shape index (κ1) is 12.3. The fourth-order valence-electron chi connectivity index (χ4n) is 2.00. The molecule has 0 aliphatic rings. The lowest BCUT2D eigenvalue weighted by atomic mass is 9.90. The standard InChI is InChI=1S/C17H16O/c1-13-3-7-15(8-4-13)17(11-12-18)16-9-5-14(2)6-10-16/h3-11,17H,1-2H3. The SMILES string of the molecule is Cc1ccc(C(C=C=O)c2ccc(C)cc2)cc1. The Morgan fingerprint density at radius 1 is 0.833 bits per heavy atom. The molecular formula is C17H16O. The van der Waals surface area contributed by atoms with Crippen molar-refractivity contribution < 1.29 is 4.79 Å². The van der Waals surface area contributed by atoms with E-state index in [1.807, 2.05) is 5.94 Å². The summed E-state index contributed by atoms with van der Waals surface area (Å²) in [6, 6.07) is 16.5. The summed E-state index contributed by atoms with van der Waals surface area (Å²) in [6.45, 7) is 4.11. The summed E-state index contributed by atoms with van der Waals surface area (Å²) in [6.07, 6.45) is 1.58. The molecule has 0 aliphatic heterocycles. The zero-order valence-corrected chi connectivity index (χ0v) is 10.7. The molecule has 2 rings (SSSR count). The van der Waals surface area contributed by atoms with E-state index in [4.69, 9.17) is 0 Å². The molecule has 0 aliphatic carbocycles. The Kier molecular flexibility index (Phi) is 3.76. The maximum absolute atomic E-state index is 10.7. The molecule has 2 aromatic carbocycles. The predicted octanol–water partition coefficient (Wildman–Crippen LogP) is 3.82. The van der Waals surface area contributed by atoms with Crippen molar-refractivity contribution in [2.24, 2.45) is 0 Å². The zero-order chi connectivity index (χ0) is 13.0. The normalized spacial score (nSPS) is 10.2. The molecule has 1 nitrogen and oxygen atoms in total. The zero-order valence-electron chi connectivity index (χ0n) is 10.7. The highest BCUT2D eigenvalue weighted by Gasteiger charge is 2.10. The minimum Gasteiger partial charge on any atom is -0.234 e. The second kappa shape index (κ2) is 5.48. The largest absolute Gasteiger partial charge is 0.234 e. The van der Waals surface area contributed by atoms with Crippen LogP contribution in [0, 0.1) is 13.8 Å². The van der Waals surface area contributed by atoms with Crippen LogP contribution in [0.4, 0.5) is 0 Å². The summed E-state index contributed by atoms with van der Waals surface area (Å²) >= 11 is 0. The molecule has 0 spiro atoms. The molecule has 0 aromatic heterocycles. The summed E-state index contributed by atoms with van der Waals surface area (Å²) in [4.78, 5) is 10.7. The van der Waals surface area contributed by atoms with Crippen LogP contribution < -0.4 is 0 Å². The number of hydrogen-bond acceptors (Lipinski definition) is 1. The average Bonchev–Trinajstić information content (AvgIpc) is 2.39. The van der Waals surface area contributed by atoms with Crippen molar-refractivity contribution in [2.75, 3.05) is 0 Å². The van der Waals surface area contributed by atoms with Crippen molar-refractivity contribution >= 4 is 5.94 Å². The van der Waals surface area contributed by atoms with Crippen LogP contribution >= 0.6 is 0 Å². The quantitative estimate of drug-likeness (QED) is 0.740. The van der Waals surface area contributed by atoms with E-state index in [-0.39, 0.29) is 5.92 Å². The lowest BCUT2D eigenvalue weighted by Crippen LogP contribution is -1.98. The Bertz CT molecular complexity index is 512. The van der Waals surface area contributed by atoms with E-state index in [1.54, 1.807) is 6.08 Å². The van der Waals surface area contributed by atoms with Crippen LogP contribution in [0.3, 0.4) is 0 Å². The maximum Gasteiger partial charge on any atom is 0.121 e. The highest BCUT2D eigenvalue weighted by molar-refractivity contribution is 5.52. The van der Waals surface area contributed by atoms with Gasteiger partial charge in [0, 0.05) is 12.0 Å². The van der Waals surface area contributed by atoms with Crippen LogP contribution in [0.25, 0.3) is 0 Å². The number of allylic oxidation sites excluding steroid dienone is 1. The van der Waals surface area contributed by atoms with Gasteiger partial charge in [0.2, 0.25) is 0 Å². The molecule has 0 radical (unpaired) electrons. The van der Waals surface area contributed by atoms with Gasteiger partial charge in [-0.05, 0) is 25.0 Å². The van der Waals surface area contributed by atoms with Crippen LogP contribution in [0.1, 0.15) is 28.2 Å². The van der Waals surface area contributed by atoms with Crippen molar-refractivity contribution in [3.05, 3.63) is 76.9 Å². The lowest BCUT2D eigenvalue weighted by Gasteiger charge is -2.13. The van der Waals surface area contributed by atoms with Crippen LogP contribution in [-0.2, 0) is 4.79 Å². The first-order valence-corrected chi connectivity index (χ1v) is 6.05. The van der Waals surface area contributed by atoms with Gasteiger partial charge in [0.15, 0.2) is 0 Å². The number of carbonyl (C=O) groups excluding carboxylic acids is 1. The second-order valence-electron chi connectivity index (χ2n) is 4.58. The second-order valence-corrected chi connectivity index (χ2v) is 4.58. The molecule has 0 bridgehead atoms. The van der Waals surface area contributed by atoms with Gasteiger partial charge in [0.1, 0.15) is 5.94 Å². The highest BCUT2D eigenvalue weighted by atomic mass is 16.1. The van der Waals surface area contributed by atoms with Gasteiger partial charge in [0.25, 0.3) is 0 Å². The van der Waals surface area contributed by atoms with Crippen LogP contribution in [-0.4, -0.2) is 5.94 Å². The molecule has 0 atom stereocenters. The molecule has 18 heavy (non-hydrogen) atoms. The first-order valence-electron chi connectivity index (χ1n) is 6.05. The molecule has 1 heteroatoms. The fourth-order valence-corrected chi connectivity index (χ4v) is 2.00. The molecule has 0 heterocycles. The van der Waals surface area contributed by atoms with E-state index < -0.39 is 0 Å². The van der Waals surface area contributed by atoms with Gasteiger partial charge in [-0.25, -0.2) is 4.79 Å². The van der Waals surface area contributed by atoms with Crippen molar-refractivity contribution in [1.29, 1.82) is 0 Å². The van der Waals surface area contributed by atoms with E-state index in [0.29, 0.717) is 0 Å². The maximum atomic E-state index is 10.7. The Hall–Kier alpha value is -2.11. The van der Waals surface area contributed by atoms with E-state index >= 15 is 0 Å². The molecule has 90 valence electrons. The first-order chi connectivity index (χ1) is 8.70. The van der Waals surface area contributed by atoms with Crippen LogP contribution in [0.2, 0.25) is 0 Å². The molecule has 0 fully saturated rings. The molecule has 2 aromatic rings. The van der Waals surface area contributed by atoms with Gasteiger partial charge in [0.05, 0.1) is 0 Å². The van der Waals surface area contributed by atoms with E-state index in [0.717, 1.165) is 11.1 Å². The molecular weight excluding hydrogens is 220 g/mol. The Labute approximate surface area is 108 Å². The third-order valence-corrected chi connectivity index (χ3v) is 3.11. The predicted molar refractivity (Wildman–Crippen MR) is 74.5 cm³/mol. The minimum absolute atomic E-state index is 0.0105. The summed E-state index contributed by atoms with van der Waals surface area (Å²) in [7, 11) is 0. The van der Waals surface area contributed by atoms with E-state index in [2.05, 4.69) is 62.4 Å². The summed E-state index contributed by atoms with van der Waals surface area (Å²) in [5, 5.41) is 0. The van der Waals surface area contributed by atoms with Crippen LogP contribution in [0.5, 0.6) is 0 Å². The summed E-state index contributed by atoms with van der Waals surface area (Å²) < 4.78 is 0. The summed E-state index contributed by atoms with van der Waals surface area (Å²) in [5.41, 5.74) is 4.67. The molecule has 0 saturated carbocycles. The molecule has 0 saturated heterocycles. The van der Waals surface area contributed by atoms with Crippen molar-refractivity contribution in [3.63, 3.8) is 0 Å². The molecule has 0 N–H and O–H groups in total. The van der Waals surface area contributed by atoms with E-state index in [9.17, 15) is 4.79 Å². The summed E-state index contributed by atoms with van der Waals surface area (Å²) in [5.74, 6) is 1.91. The van der Waals surface area contributed by atoms with Crippen molar-refractivity contribution in [1.82, 2.24) is 0 Å². The number of hydrogen-bond donors (Lipinski definition) is 0. The Balaban J connectivity index is 2.42. The number of rotatable bonds is 3. The van der Waals surface area contributed by atoms with Gasteiger partial charge in [-0.3, -0.25) is 0 Å². The van der Waals surface area contributed by atoms with Gasteiger partial charge in [-0.2, -0.15) is 0 Å². The Morgan fingerprint density at radius 2 is 1.22 bits per heavy atom. The third-order valence-electron chi connectivity index (χ3n) is 3.11. The Morgan fingerprint density at radius 3 is 1.56 bits per heavy atom. The topological polar surface area (TPSA) is 17.1 Å². The minimum atomic E-state index is -0.0105.